The van der Waals surface area contributed by atoms with E-state index < -0.39 is 17.7 Å². The van der Waals surface area contributed by atoms with E-state index in [9.17, 15) is 8.78 Å². The number of rotatable bonds is 1. The smallest absolute Gasteiger partial charge is 0.129 e. The molecule has 0 bridgehead atoms. The normalized spacial score (nSPS) is 11.5. The van der Waals surface area contributed by atoms with E-state index in [1.54, 1.807) is 0 Å². The Morgan fingerprint density at radius 2 is 1.77 bits per heavy atom. The van der Waals surface area contributed by atoms with Crippen molar-refractivity contribution in [2.45, 2.75) is 26.9 Å². The van der Waals surface area contributed by atoms with Crippen LogP contribution in [0, 0.1) is 11.6 Å². The quantitative estimate of drug-likeness (QED) is 0.718. The summed E-state index contributed by atoms with van der Waals surface area (Å²) in [7, 11) is 0. The van der Waals surface area contributed by atoms with E-state index in [2.05, 4.69) is 0 Å². The molecule has 3 heteroatoms. The Kier molecular flexibility index (Phi) is 5.23. The molecule has 74 valence electrons. The highest BCUT2D eigenvalue weighted by Crippen LogP contribution is 2.16. The Morgan fingerprint density at radius 3 is 2.15 bits per heavy atom. The van der Waals surface area contributed by atoms with E-state index in [1.165, 1.54) is 6.92 Å². The van der Waals surface area contributed by atoms with Crippen LogP contribution in [0.5, 0.6) is 0 Å². The molecule has 1 atom stereocenters. The summed E-state index contributed by atoms with van der Waals surface area (Å²) < 4.78 is 25.1. The van der Waals surface area contributed by atoms with Crippen molar-refractivity contribution in [3.8, 4) is 0 Å². The summed E-state index contributed by atoms with van der Waals surface area (Å²) in [6.07, 6.45) is -0.967. The third kappa shape index (κ3) is 3.51. The van der Waals surface area contributed by atoms with Crippen LogP contribution in [0.2, 0.25) is 0 Å². The zero-order chi connectivity index (χ0) is 10.4. The first-order valence-electron chi connectivity index (χ1n) is 4.24. The van der Waals surface area contributed by atoms with Crippen LogP contribution >= 0.6 is 0 Å². The van der Waals surface area contributed by atoms with Crippen molar-refractivity contribution in [3.05, 3.63) is 35.4 Å². The standard InChI is InChI=1S/C8H8F2O.C2H6/c1-5(11)7-4-6(9)2-3-8(7)10;1-2/h2-5,11H,1H3;1-2H3/t5-;/m1./s1. The van der Waals surface area contributed by atoms with Gasteiger partial charge in [-0.2, -0.15) is 0 Å². The minimum Gasteiger partial charge on any atom is -0.389 e. The third-order valence-corrected chi connectivity index (χ3v) is 1.41. The second-order valence-electron chi connectivity index (χ2n) is 2.34. The molecular weight excluding hydrogens is 174 g/mol. The molecule has 0 spiro atoms. The molecule has 0 saturated carbocycles. The molecule has 0 aliphatic heterocycles. The molecule has 0 unspecified atom stereocenters. The van der Waals surface area contributed by atoms with Crippen LogP contribution in [-0.2, 0) is 0 Å². The lowest BCUT2D eigenvalue weighted by atomic mass is 10.1. The maximum absolute atomic E-state index is 12.7. The molecule has 1 N–H and O–H groups in total. The fourth-order valence-electron chi connectivity index (χ4n) is 0.835. The zero-order valence-corrected chi connectivity index (χ0v) is 8.01. The number of aliphatic hydroxyl groups excluding tert-OH is 1. The molecule has 0 radical (unpaired) electrons. The van der Waals surface area contributed by atoms with Gasteiger partial charge in [-0.15, -0.1) is 0 Å². The van der Waals surface area contributed by atoms with Crippen molar-refractivity contribution in [1.29, 1.82) is 0 Å². The van der Waals surface area contributed by atoms with Gasteiger partial charge in [0.25, 0.3) is 0 Å². The molecule has 0 aliphatic carbocycles. The Morgan fingerprint density at radius 1 is 1.23 bits per heavy atom. The molecular formula is C10H14F2O. The topological polar surface area (TPSA) is 20.2 Å². The summed E-state index contributed by atoms with van der Waals surface area (Å²) in [4.78, 5) is 0. The predicted molar refractivity (Wildman–Crippen MR) is 48.3 cm³/mol. The molecule has 0 aliphatic rings. The Bertz CT molecular complexity index is 259. The van der Waals surface area contributed by atoms with Gasteiger partial charge < -0.3 is 5.11 Å². The van der Waals surface area contributed by atoms with Crippen LogP contribution in [0.1, 0.15) is 32.4 Å². The van der Waals surface area contributed by atoms with Gasteiger partial charge in [0.2, 0.25) is 0 Å². The highest BCUT2D eigenvalue weighted by atomic mass is 19.1. The summed E-state index contributed by atoms with van der Waals surface area (Å²) >= 11 is 0. The second kappa shape index (κ2) is 5.65. The molecule has 1 aromatic carbocycles. The van der Waals surface area contributed by atoms with Gasteiger partial charge in [0.1, 0.15) is 11.6 Å². The minimum absolute atomic E-state index is 0.00926. The lowest BCUT2D eigenvalue weighted by molar-refractivity contribution is 0.193. The van der Waals surface area contributed by atoms with Gasteiger partial charge >= 0.3 is 0 Å². The van der Waals surface area contributed by atoms with Crippen LogP contribution in [0.15, 0.2) is 18.2 Å². The number of hydrogen-bond donors (Lipinski definition) is 1. The van der Waals surface area contributed by atoms with E-state index in [4.69, 9.17) is 5.11 Å². The van der Waals surface area contributed by atoms with Gasteiger partial charge in [0.05, 0.1) is 6.10 Å². The average Bonchev–Trinajstić information content (AvgIpc) is 2.12. The van der Waals surface area contributed by atoms with Crippen molar-refractivity contribution in [3.63, 3.8) is 0 Å². The summed E-state index contributed by atoms with van der Waals surface area (Å²) in [5.74, 6) is -1.12. The van der Waals surface area contributed by atoms with Crippen LogP contribution in [-0.4, -0.2) is 5.11 Å². The first-order chi connectivity index (χ1) is 6.11. The summed E-state index contributed by atoms with van der Waals surface area (Å²) in [6.45, 7) is 5.39. The largest absolute Gasteiger partial charge is 0.389 e. The molecule has 0 amide bonds. The van der Waals surface area contributed by atoms with Crippen molar-refractivity contribution >= 4 is 0 Å². The van der Waals surface area contributed by atoms with Crippen molar-refractivity contribution in [2.75, 3.05) is 0 Å². The highest BCUT2D eigenvalue weighted by molar-refractivity contribution is 5.20. The van der Waals surface area contributed by atoms with Gasteiger partial charge in [0.15, 0.2) is 0 Å². The van der Waals surface area contributed by atoms with Gasteiger partial charge in [-0.1, -0.05) is 13.8 Å². The summed E-state index contributed by atoms with van der Waals surface area (Å²) in [6, 6.07) is 3.00. The maximum Gasteiger partial charge on any atom is 0.129 e. The van der Waals surface area contributed by atoms with E-state index in [1.807, 2.05) is 13.8 Å². The molecule has 0 heterocycles. The number of hydrogen-bond acceptors (Lipinski definition) is 1. The zero-order valence-electron chi connectivity index (χ0n) is 8.01. The monoisotopic (exact) mass is 188 g/mol. The Hall–Kier alpha value is -0.960. The lowest BCUT2D eigenvalue weighted by Crippen LogP contribution is -1.96. The molecule has 0 aromatic heterocycles. The van der Waals surface area contributed by atoms with E-state index in [-0.39, 0.29) is 5.56 Å². The fourth-order valence-corrected chi connectivity index (χ4v) is 0.835. The second-order valence-corrected chi connectivity index (χ2v) is 2.34. The molecule has 1 nitrogen and oxygen atoms in total. The number of halogens is 2. The SMILES string of the molecule is CC.C[C@@H](O)c1cc(F)ccc1F. The van der Waals surface area contributed by atoms with Gasteiger partial charge in [-0.25, -0.2) is 8.78 Å². The van der Waals surface area contributed by atoms with Crippen molar-refractivity contribution < 1.29 is 13.9 Å². The van der Waals surface area contributed by atoms with Crippen LogP contribution in [0.4, 0.5) is 8.78 Å². The number of benzene rings is 1. The maximum atomic E-state index is 12.7. The summed E-state index contributed by atoms with van der Waals surface area (Å²) in [5.41, 5.74) is -0.00926. The van der Waals surface area contributed by atoms with E-state index in [0.717, 1.165) is 18.2 Å². The number of aliphatic hydroxyl groups is 1. The van der Waals surface area contributed by atoms with Crippen LogP contribution in [0.25, 0.3) is 0 Å². The molecule has 13 heavy (non-hydrogen) atoms. The van der Waals surface area contributed by atoms with Gasteiger partial charge in [-0.3, -0.25) is 0 Å². The van der Waals surface area contributed by atoms with Crippen molar-refractivity contribution in [1.82, 2.24) is 0 Å². The fraction of sp³-hybridized carbons (Fsp3) is 0.400. The predicted octanol–water partition coefficient (Wildman–Crippen LogP) is 3.04. The molecule has 0 saturated heterocycles. The lowest BCUT2D eigenvalue weighted by Gasteiger charge is -2.04. The Balaban J connectivity index is 0.000000671. The Labute approximate surface area is 77.0 Å². The van der Waals surface area contributed by atoms with Crippen molar-refractivity contribution in [2.24, 2.45) is 0 Å². The third-order valence-electron chi connectivity index (χ3n) is 1.41. The van der Waals surface area contributed by atoms with Gasteiger partial charge in [0, 0.05) is 5.56 Å². The van der Waals surface area contributed by atoms with E-state index >= 15 is 0 Å². The van der Waals surface area contributed by atoms with Crippen LogP contribution < -0.4 is 0 Å². The molecule has 1 rings (SSSR count). The van der Waals surface area contributed by atoms with Gasteiger partial charge in [-0.05, 0) is 25.1 Å². The first kappa shape index (κ1) is 12.0. The average molecular weight is 188 g/mol. The highest BCUT2D eigenvalue weighted by Gasteiger charge is 2.07. The van der Waals surface area contributed by atoms with Crippen LogP contribution in [0.3, 0.4) is 0 Å². The first-order valence-corrected chi connectivity index (χ1v) is 4.24. The molecule has 0 fully saturated rings. The minimum atomic E-state index is -0.967. The van der Waals surface area contributed by atoms with E-state index in [0.29, 0.717) is 0 Å². The summed E-state index contributed by atoms with van der Waals surface area (Å²) in [5, 5.41) is 8.92. The molecule has 1 aromatic rings.